The number of ether oxygens (including phenoxy) is 1. The summed E-state index contributed by atoms with van der Waals surface area (Å²) in [7, 11) is 0. The molecule has 0 spiro atoms. The van der Waals surface area contributed by atoms with Crippen molar-refractivity contribution in [2.75, 3.05) is 44.7 Å². The van der Waals surface area contributed by atoms with Crippen molar-refractivity contribution in [2.24, 2.45) is 0 Å². The van der Waals surface area contributed by atoms with Gasteiger partial charge in [-0.05, 0) is 18.2 Å². The number of rotatable bonds is 4. The van der Waals surface area contributed by atoms with E-state index in [1.54, 1.807) is 6.07 Å². The lowest BCUT2D eigenvalue weighted by Gasteiger charge is -2.26. The number of hydrogen-bond donors (Lipinski definition) is 1. The molecule has 7 heteroatoms. The summed E-state index contributed by atoms with van der Waals surface area (Å²) in [5, 5.41) is 2.71. The number of halogens is 4. The van der Waals surface area contributed by atoms with Crippen LogP contribution in [0.4, 0.5) is 18.9 Å². The quantitative estimate of drug-likeness (QED) is 0.925. The van der Waals surface area contributed by atoms with Crippen LogP contribution < -0.4 is 5.32 Å². The summed E-state index contributed by atoms with van der Waals surface area (Å²) in [6.45, 7) is 4.48. The van der Waals surface area contributed by atoms with Crippen molar-refractivity contribution in [2.45, 2.75) is 6.18 Å². The Morgan fingerprint density at radius 1 is 1.25 bits per heavy atom. The third kappa shape index (κ3) is 4.26. The molecule has 20 heavy (non-hydrogen) atoms. The van der Waals surface area contributed by atoms with Crippen LogP contribution in [0.25, 0.3) is 0 Å². The molecule has 112 valence electrons. The molecule has 1 aliphatic rings. The van der Waals surface area contributed by atoms with E-state index in [9.17, 15) is 13.2 Å². The summed E-state index contributed by atoms with van der Waals surface area (Å²) in [6.07, 6.45) is -4.43. The maximum absolute atomic E-state index is 12.7. The van der Waals surface area contributed by atoms with Gasteiger partial charge in [0.05, 0.1) is 23.8 Å². The second-order valence-electron chi connectivity index (χ2n) is 4.57. The normalized spacial score (nSPS) is 17.2. The summed E-state index contributed by atoms with van der Waals surface area (Å²) in [4.78, 5) is 2.21. The zero-order valence-electron chi connectivity index (χ0n) is 10.8. The first-order valence-electron chi connectivity index (χ1n) is 6.37. The average molecular weight is 309 g/mol. The zero-order chi connectivity index (χ0) is 14.6. The molecule has 0 unspecified atom stereocenters. The number of morpholine rings is 1. The third-order valence-corrected chi connectivity index (χ3v) is 3.46. The number of alkyl halides is 3. The first-order valence-corrected chi connectivity index (χ1v) is 6.75. The fourth-order valence-electron chi connectivity index (χ4n) is 2.04. The van der Waals surface area contributed by atoms with Crippen LogP contribution in [0.15, 0.2) is 18.2 Å². The summed E-state index contributed by atoms with van der Waals surface area (Å²) in [5.41, 5.74) is -0.384. The van der Waals surface area contributed by atoms with Gasteiger partial charge in [0, 0.05) is 31.9 Å². The van der Waals surface area contributed by atoms with Gasteiger partial charge < -0.3 is 10.1 Å². The second kappa shape index (κ2) is 6.65. The van der Waals surface area contributed by atoms with Crippen LogP contribution in [0.5, 0.6) is 0 Å². The lowest BCUT2D eigenvalue weighted by atomic mass is 10.2. The van der Waals surface area contributed by atoms with Gasteiger partial charge in [-0.15, -0.1) is 0 Å². The molecule has 3 nitrogen and oxygen atoms in total. The number of anilines is 1. The minimum absolute atomic E-state index is 0.281. The molecular formula is C13H16ClF3N2O. The number of benzene rings is 1. The van der Waals surface area contributed by atoms with Gasteiger partial charge in [-0.2, -0.15) is 13.2 Å². The molecule has 0 radical (unpaired) electrons. The molecule has 2 rings (SSSR count). The summed E-state index contributed by atoms with van der Waals surface area (Å²) >= 11 is 5.57. The van der Waals surface area contributed by atoms with E-state index in [-0.39, 0.29) is 5.02 Å². The van der Waals surface area contributed by atoms with Crippen molar-refractivity contribution in [1.82, 2.24) is 4.90 Å². The average Bonchev–Trinajstić information content (AvgIpc) is 2.40. The van der Waals surface area contributed by atoms with Crippen molar-refractivity contribution in [1.29, 1.82) is 0 Å². The Morgan fingerprint density at radius 2 is 1.95 bits per heavy atom. The Hall–Kier alpha value is -0.980. The van der Waals surface area contributed by atoms with Crippen LogP contribution in [-0.4, -0.2) is 44.3 Å². The van der Waals surface area contributed by atoms with Gasteiger partial charge >= 0.3 is 6.18 Å². The maximum Gasteiger partial charge on any atom is 0.417 e. The Bertz CT molecular complexity index is 448. The van der Waals surface area contributed by atoms with E-state index >= 15 is 0 Å². The van der Waals surface area contributed by atoms with Gasteiger partial charge in [-0.1, -0.05) is 11.6 Å². The molecule has 0 atom stereocenters. The SMILES string of the molecule is FC(F)(F)c1cc(NCCN2CCOCC2)ccc1Cl. The molecule has 1 aromatic carbocycles. The van der Waals surface area contributed by atoms with Crippen LogP contribution in [0.3, 0.4) is 0 Å². The molecule has 1 heterocycles. The van der Waals surface area contributed by atoms with Crippen molar-refractivity contribution in [3.05, 3.63) is 28.8 Å². The number of nitrogens with zero attached hydrogens (tertiary/aromatic N) is 1. The van der Waals surface area contributed by atoms with Gasteiger partial charge in [-0.3, -0.25) is 4.90 Å². The molecular weight excluding hydrogens is 293 g/mol. The molecule has 0 aromatic heterocycles. The van der Waals surface area contributed by atoms with Crippen molar-refractivity contribution >= 4 is 17.3 Å². The van der Waals surface area contributed by atoms with E-state index in [2.05, 4.69) is 10.2 Å². The monoisotopic (exact) mass is 308 g/mol. The smallest absolute Gasteiger partial charge is 0.384 e. The molecule has 1 saturated heterocycles. The van der Waals surface area contributed by atoms with Gasteiger partial charge in [0.15, 0.2) is 0 Å². The highest BCUT2D eigenvalue weighted by Crippen LogP contribution is 2.36. The highest BCUT2D eigenvalue weighted by molar-refractivity contribution is 6.31. The fourth-order valence-corrected chi connectivity index (χ4v) is 2.26. The van der Waals surface area contributed by atoms with E-state index in [0.717, 1.165) is 25.7 Å². The van der Waals surface area contributed by atoms with Crippen LogP contribution >= 0.6 is 11.6 Å². The van der Waals surface area contributed by atoms with Gasteiger partial charge in [0.1, 0.15) is 0 Å². The Labute approximate surface area is 120 Å². The van der Waals surface area contributed by atoms with E-state index in [4.69, 9.17) is 16.3 Å². The molecule has 0 bridgehead atoms. The lowest BCUT2D eigenvalue weighted by molar-refractivity contribution is -0.137. The second-order valence-corrected chi connectivity index (χ2v) is 4.98. The minimum Gasteiger partial charge on any atom is -0.384 e. The molecule has 0 amide bonds. The maximum atomic E-state index is 12.7. The molecule has 1 N–H and O–H groups in total. The third-order valence-electron chi connectivity index (χ3n) is 3.13. The number of nitrogens with one attached hydrogen (secondary N) is 1. The van der Waals surface area contributed by atoms with E-state index in [1.807, 2.05) is 0 Å². The van der Waals surface area contributed by atoms with Crippen molar-refractivity contribution in [3.63, 3.8) is 0 Å². The topological polar surface area (TPSA) is 24.5 Å². The molecule has 0 aliphatic carbocycles. The Balaban J connectivity index is 1.89. The van der Waals surface area contributed by atoms with Gasteiger partial charge in [0.25, 0.3) is 0 Å². The molecule has 1 fully saturated rings. The fraction of sp³-hybridized carbons (Fsp3) is 0.538. The standard InChI is InChI=1S/C13H16ClF3N2O/c14-12-2-1-10(9-11(12)13(15,16)17)18-3-4-19-5-7-20-8-6-19/h1-2,9,18H,3-8H2. The zero-order valence-corrected chi connectivity index (χ0v) is 11.6. The van der Waals surface area contributed by atoms with Crippen LogP contribution in [0.2, 0.25) is 5.02 Å². The highest BCUT2D eigenvalue weighted by Gasteiger charge is 2.33. The van der Waals surface area contributed by atoms with Gasteiger partial charge in [0.2, 0.25) is 0 Å². The lowest BCUT2D eigenvalue weighted by Crippen LogP contribution is -2.39. The van der Waals surface area contributed by atoms with E-state index in [0.29, 0.717) is 25.4 Å². The molecule has 0 saturated carbocycles. The summed E-state index contributed by atoms with van der Waals surface area (Å²) in [6, 6.07) is 3.86. The largest absolute Gasteiger partial charge is 0.417 e. The van der Waals surface area contributed by atoms with Crippen LogP contribution in [0.1, 0.15) is 5.56 Å². The Kier molecular flexibility index (Phi) is 5.12. The molecule has 1 aliphatic heterocycles. The van der Waals surface area contributed by atoms with Crippen molar-refractivity contribution < 1.29 is 17.9 Å². The highest BCUT2D eigenvalue weighted by atomic mass is 35.5. The minimum atomic E-state index is -4.43. The van der Waals surface area contributed by atoms with E-state index in [1.165, 1.54) is 6.07 Å². The van der Waals surface area contributed by atoms with Crippen molar-refractivity contribution in [3.8, 4) is 0 Å². The van der Waals surface area contributed by atoms with Crippen LogP contribution in [-0.2, 0) is 10.9 Å². The summed E-state index contributed by atoms with van der Waals surface area (Å²) < 4.78 is 43.4. The predicted molar refractivity (Wildman–Crippen MR) is 72.2 cm³/mol. The Morgan fingerprint density at radius 3 is 2.60 bits per heavy atom. The summed E-state index contributed by atoms with van der Waals surface area (Å²) in [5.74, 6) is 0. The molecule has 1 aromatic rings. The van der Waals surface area contributed by atoms with Gasteiger partial charge in [-0.25, -0.2) is 0 Å². The van der Waals surface area contributed by atoms with E-state index < -0.39 is 11.7 Å². The van der Waals surface area contributed by atoms with Crippen LogP contribution in [0, 0.1) is 0 Å². The first-order chi connectivity index (χ1) is 9.47. The predicted octanol–water partition coefficient (Wildman–Crippen LogP) is 3.10. The number of hydrogen-bond acceptors (Lipinski definition) is 3. The first kappa shape index (κ1) is 15.4.